The summed E-state index contributed by atoms with van der Waals surface area (Å²) in [5, 5.41) is 3.56. The Bertz CT molecular complexity index is 1050. The normalized spacial score (nSPS) is 16.0. The van der Waals surface area contributed by atoms with E-state index in [1.165, 1.54) is 5.56 Å². The summed E-state index contributed by atoms with van der Waals surface area (Å²) in [5.74, 6) is 6.52. The lowest BCUT2D eigenvalue weighted by molar-refractivity contribution is 0.103. The van der Waals surface area contributed by atoms with Gasteiger partial charge < -0.3 is 10.2 Å². The van der Waals surface area contributed by atoms with E-state index in [1.54, 1.807) is 31.5 Å². The van der Waals surface area contributed by atoms with Crippen molar-refractivity contribution >= 4 is 11.6 Å². The van der Waals surface area contributed by atoms with Gasteiger partial charge in [0.15, 0.2) is 0 Å². The van der Waals surface area contributed by atoms with Gasteiger partial charge in [0.25, 0.3) is 0 Å². The molecule has 1 aliphatic rings. The third kappa shape index (κ3) is 4.18. The molecular weight excluding hydrogens is 360 g/mol. The first-order chi connectivity index (χ1) is 14.3. The van der Waals surface area contributed by atoms with E-state index < -0.39 is 0 Å². The Hall–Kier alpha value is -3.49. The maximum absolute atomic E-state index is 13.1. The van der Waals surface area contributed by atoms with Gasteiger partial charge in [0.1, 0.15) is 11.5 Å². The number of ketones is 1. The molecule has 3 heterocycles. The molecule has 1 aliphatic heterocycles. The van der Waals surface area contributed by atoms with Crippen LogP contribution >= 0.6 is 0 Å². The highest BCUT2D eigenvalue weighted by Crippen LogP contribution is 2.23. The highest BCUT2D eigenvalue weighted by Gasteiger charge is 2.23. The summed E-state index contributed by atoms with van der Waals surface area (Å²) in [6.07, 6.45) is 3.22. The lowest BCUT2D eigenvalue weighted by Crippen LogP contribution is -2.46. The molecule has 0 radical (unpaired) electrons. The fraction of sp³-hybridized carbons (Fsp3) is 0.208. The lowest BCUT2D eigenvalue weighted by atomic mass is 10.0. The van der Waals surface area contributed by atoms with Crippen LogP contribution in [-0.2, 0) is 0 Å². The third-order valence-corrected chi connectivity index (χ3v) is 4.98. The second-order valence-electron chi connectivity index (χ2n) is 6.87. The number of hydrogen-bond donors (Lipinski definition) is 1. The largest absolute Gasteiger partial charge is 0.353 e. The highest BCUT2D eigenvalue weighted by atomic mass is 16.1. The van der Waals surface area contributed by atoms with Gasteiger partial charge in [-0.15, -0.1) is 5.92 Å². The first-order valence-electron chi connectivity index (χ1n) is 9.68. The van der Waals surface area contributed by atoms with Crippen LogP contribution in [0.4, 0.5) is 5.82 Å². The number of nitrogens with one attached hydrogen (secondary N) is 1. The standard InChI is InChI=1S/C24H22N4O/c1-2-7-19-11-12-22(27-23(19)24(29)20-10-6-13-25-16-20)28-15-14-26-21(17-28)18-8-4-3-5-9-18/h3-6,8-13,16,21,26H,14-15,17H2,1H3/t21-/m0/s1. The Morgan fingerprint density at radius 2 is 2.00 bits per heavy atom. The van der Waals surface area contributed by atoms with Crippen molar-refractivity contribution in [3.05, 3.63) is 89.4 Å². The van der Waals surface area contributed by atoms with E-state index in [2.05, 4.69) is 51.3 Å². The van der Waals surface area contributed by atoms with Crippen LogP contribution in [0.15, 0.2) is 67.0 Å². The van der Waals surface area contributed by atoms with Gasteiger partial charge in [-0.3, -0.25) is 9.78 Å². The lowest BCUT2D eigenvalue weighted by Gasteiger charge is -2.35. The second-order valence-corrected chi connectivity index (χ2v) is 6.87. The summed E-state index contributed by atoms with van der Waals surface area (Å²) in [6.45, 7) is 4.22. The van der Waals surface area contributed by atoms with E-state index in [0.717, 1.165) is 25.5 Å². The number of anilines is 1. The number of hydrogen-bond acceptors (Lipinski definition) is 5. The van der Waals surface area contributed by atoms with Crippen molar-refractivity contribution in [2.75, 3.05) is 24.5 Å². The van der Waals surface area contributed by atoms with Crippen LogP contribution in [0.1, 0.15) is 40.1 Å². The van der Waals surface area contributed by atoms with Crippen molar-refractivity contribution in [3.63, 3.8) is 0 Å². The van der Waals surface area contributed by atoms with Crippen LogP contribution in [0.25, 0.3) is 0 Å². The summed E-state index contributed by atoms with van der Waals surface area (Å²) in [5.41, 5.74) is 2.77. The molecule has 4 rings (SSSR count). The molecule has 1 atom stereocenters. The van der Waals surface area contributed by atoms with Gasteiger partial charge in [0, 0.05) is 43.6 Å². The molecule has 2 aromatic heterocycles. The molecule has 3 aromatic rings. The monoisotopic (exact) mass is 382 g/mol. The number of carbonyl (C=O) groups excluding carboxylic acids is 1. The number of piperazine rings is 1. The van der Waals surface area contributed by atoms with Crippen LogP contribution in [0.2, 0.25) is 0 Å². The summed E-state index contributed by atoms with van der Waals surface area (Å²) in [7, 11) is 0. The van der Waals surface area contributed by atoms with Crippen molar-refractivity contribution in [2.24, 2.45) is 0 Å². The van der Waals surface area contributed by atoms with Gasteiger partial charge in [-0.2, -0.15) is 0 Å². The number of aromatic nitrogens is 2. The van der Waals surface area contributed by atoms with Gasteiger partial charge in [0.05, 0.1) is 5.56 Å². The van der Waals surface area contributed by atoms with Gasteiger partial charge in [0.2, 0.25) is 5.78 Å². The van der Waals surface area contributed by atoms with Gasteiger partial charge >= 0.3 is 0 Å². The van der Waals surface area contributed by atoms with E-state index in [9.17, 15) is 4.79 Å². The molecule has 1 aromatic carbocycles. The number of nitrogens with zero attached hydrogens (tertiary/aromatic N) is 3. The predicted molar refractivity (Wildman–Crippen MR) is 114 cm³/mol. The minimum absolute atomic E-state index is 0.160. The minimum Gasteiger partial charge on any atom is -0.353 e. The Kier molecular flexibility index (Phi) is 5.64. The molecular formula is C24H22N4O. The maximum Gasteiger partial charge on any atom is 0.214 e. The first-order valence-corrected chi connectivity index (χ1v) is 9.68. The molecule has 0 spiro atoms. The molecule has 5 nitrogen and oxygen atoms in total. The van der Waals surface area contributed by atoms with E-state index in [0.29, 0.717) is 16.8 Å². The van der Waals surface area contributed by atoms with Crippen molar-refractivity contribution in [1.29, 1.82) is 0 Å². The fourth-order valence-electron chi connectivity index (χ4n) is 3.53. The van der Waals surface area contributed by atoms with E-state index in [4.69, 9.17) is 4.98 Å². The molecule has 1 saturated heterocycles. The fourth-order valence-corrected chi connectivity index (χ4v) is 3.53. The van der Waals surface area contributed by atoms with E-state index in [-0.39, 0.29) is 11.8 Å². The Morgan fingerprint density at radius 3 is 2.76 bits per heavy atom. The van der Waals surface area contributed by atoms with Crippen LogP contribution in [0.3, 0.4) is 0 Å². The molecule has 0 bridgehead atoms. The van der Waals surface area contributed by atoms with Crippen molar-refractivity contribution in [3.8, 4) is 11.8 Å². The zero-order chi connectivity index (χ0) is 20.1. The zero-order valence-corrected chi connectivity index (χ0v) is 16.3. The van der Waals surface area contributed by atoms with E-state index in [1.807, 2.05) is 18.2 Å². The third-order valence-electron chi connectivity index (χ3n) is 4.98. The highest BCUT2D eigenvalue weighted by molar-refractivity contribution is 6.09. The summed E-state index contributed by atoms with van der Waals surface area (Å²) < 4.78 is 0. The smallest absolute Gasteiger partial charge is 0.214 e. The molecule has 0 amide bonds. The zero-order valence-electron chi connectivity index (χ0n) is 16.3. The average Bonchev–Trinajstić information content (AvgIpc) is 2.80. The number of carbonyl (C=O) groups is 1. The molecule has 5 heteroatoms. The maximum atomic E-state index is 13.1. The predicted octanol–water partition coefficient (Wildman–Crippen LogP) is 3.23. The van der Waals surface area contributed by atoms with Gasteiger partial charge in [-0.1, -0.05) is 36.3 Å². The first kappa shape index (κ1) is 18.9. The number of pyridine rings is 2. The van der Waals surface area contributed by atoms with Crippen LogP contribution in [0, 0.1) is 11.8 Å². The summed E-state index contributed by atoms with van der Waals surface area (Å²) in [4.78, 5) is 24.1. The molecule has 0 aliphatic carbocycles. The molecule has 0 saturated carbocycles. The molecule has 29 heavy (non-hydrogen) atoms. The molecule has 144 valence electrons. The van der Waals surface area contributed by atoms with Crippen molar-refractivity contribution in [2.45, 2.75) is 13.0 Å². The summed E-state index contributed by atoms with van der Waals surface area (Å²) >= 11 is 0. The van der Waals surface area contributed by atoms with Crippen LogP contribution in [-0.4, -0.2) is 35.4 Å². The SMILES string of the molecule is CC#Cc1ccc(N2CCN[C@H](c3ccccc3)C2)nc1C(=O)c1cccnc1. The van der Waals surface area contributed by atoms with Crippen LogP contribution in [0.5, 0.6) is 0 Å². The molecule has 0 unspecified atom stereocenters. The van der Waals surface area contributed by atoms with Gasteiger partial charge in [-0.05, 0) is 36.8 Å². The van der Waals surface area contributed by atoms with Crippen LogP contribution < -0.4 is 10.2 Å². The Balaban J connectivity index is 1.66. The average molecular weight is 382 g/mol. The quantitative estimate of drug-likeness (QED) is 0.555. The Morgan fingerprint density at radius 1 is 1.14 bits per heavy atom. The molecule has 1 fully saturated rings. The van der Waals surface area contributed by atoms with Gasteiger partial charge in [-0.25, -0.2) is 4.98 Å². The summed E-state index contributed by atoms with van der Waals surface area (Å²) in [6, 6.07) is 18.0. The minimum atomic E-state index is -0.160. The number of benzene rings is 1. The van der Waals surface area contributed by atoms with Crippen molar-refractivity contribution < 1.29 is 4.79 Å². The number of rotatable bonds is 4. The Labute approximate surface area is 170 Å². The van der Waals surface area contributed by atoms with Crippen molar-refractivity contribution in [1.82, 2.24) is 15.3 Å². The topological polar surface area (TPSA) is 58.1 Å². The molecule has 1 N–H and O–H groups in total. The van der Waals surface area contributed by atoms with E-state index >= 15 is 0 Å². The second kappa shape index (κ2) is 8.68.